The largest absolute Gasteiger partial charge is 0.497 e. The van der Waals surface area contributed by atoms with Crippen molar-refractivity contribution < 1.29 is 22.7 Å². The molecule has 9 nitrogen and oxygen atoms in total. The molecule has 0 radical (unpaired) electrons. The first-order chi connectivity index (χ1) is 15.3. The molecule has 0 saturated carbocycles. The average molecular weight is 457 g/mol. The Kier molecular flexibility index (Phi) is 7.12. The van der Waals surface area contributed by atoms with Gasteiger partial charge in [0.2, 0.25) is 21.8 Å². The molecule has 32 heavy (non-hydrogen) atoms. The van der Waals surface area contributed by atoms with Crippen molar-refractivity contribution in [1.82, 2.24) is 9.62 Å². The molecular weight excluding hydrogens is 432 g/mol. The van der Waals surface area contributed by atoms with Crippen LogP contribution in [0.1, 0.15) is 19.3 Å². The van der Waals surface area contributed by atoms with Gasteiger partial charge in [-0.3, -0.25) is 9.59 Å². The smallest absolute Gasteiger partial charge is 0.243 e. The van der Waals surface area contributed by atoms with Crippen molar-refractivity contribution in [1.29, 1.82) is 5.26 Å². The molecule has 3 rings (SSSR count). The Bertz CT molecular complexity index is 1120. The van der Waals surface area contributed by atoms with Crippen LogP contribution in [0.15, 0.2) is 53.4 Å². The highest BCUT2D eigenvalue weighted by molar-refractivity contribution is 7.89. The number of nitriles is 1. The van der Waals surface area contributed by atoms with Crippen molar-refractivity contribution in [3.8, 4) is 22.9 Å². The number of sulfonamides is 1. The Morgan fingerprint density at radius 1 is 1.19 bits per heavy atom. The molecule has 0 aliphatic carbocycles. The van der Waals surface area contributed by atoms with Crippen LogP contribution in [0.4, 0.5) is 0 Å². The van der Waals surface area contributed by atoms with Gasteiger partial charge in [0.1, 0.15) is 17.8 Å². The van der Waals surface area contributed by atoms with E-state index in [1.807, 2.05) is 24.3 Å². The van der Waals surface area contributed by atoms with Crippen LogP contribution < -0.4 is 15.8 Å². The number of rotatable bonds is 8. The zero-order valence-electron chi connectivity index (χ0n) is 17.5. The number of carbonyl (C=O) groups is 2. The molecule has 1 aliphatic heterocycles. The van der Waals surface area contributed by atoms with Gasteiger partial charge in [-0.1, -0.05) is 24.3 Å². The number of nitrogens with zero attached hydrogens (tertiary/aromatic N) is 2. The van der Waals surface area contributed by atoms with Gasteiger partial charge in [0.15, 0.2) is 0 Å². The van der Waals surface area contributed by atoms with Gasteiger partial charge >= 0.3 is 0 Å². The lowest BCUT2D eigenvalue weighted by molar-refractivity contribution is -0.125. The Balaban J connectivity index is 1.77. The fourth-order valence-corrected chi connectivity index (χ4v) is 5.28. The van der Waals surface area contributed by atoms with Crippen molar-refractivity contribution in [2.75, 3.05) is 13.7 Å². The minimum atomic E-state index is -3.93. The van der Waals surface area contributed by atoms with E-state index in [1.165, 1.54) is 12.1 Å². The van der Waals surface area contributed by atoms with E-state index in [9.17, 15) is 18.0 Å². The lowest BCUT2D eigenvalue weighted by atomic mass is 10.1. The molecule has 10 heteroatoms. The SMILES string of the molecule is COc1ccc(-c2ccc(S(=O)(=O)N3CCC[C@H]3C(=O)N[C@H](C#N)CC(N)=O)cc2)cc1. The first-order valence-corrected chi connectivity index (χ1v) is 11.4. The number of nitrogens with one attached hydrogen (secondary N) is 1. The number of carbonyl (C=O) groups excluding carboxylic acids is 2. The predicted molar refractivity (Wildman–Crippen MR) is 117 cm³/mol. The van der Waals surface area contributed by atoms with Crippen molar-refractivity contribution in [3.63, 3.8) is 0 Å². The molecule has 3 N–H and O–H groups in total. The summed E-state index contributed by atoms with van der Waals surface area (Å²) in [5, 5.41) is 11.5. The Morgan fingerprint density at radius 3 is 2.31 bits per heavy atom. The number of amides is 2. The van der Waals surface area contributed by atoms with Crippen LogP contribution >= 0.6 is 0 Å². The Labute approximate surface area is 186 Å². The summed E-state index contributed by atoms with van der Waals surface area (Å²) in [5.74, 6) is -0.626. The van der Waals surface area contributed by atoms with Crippen molar-refractivity contribution in [2.24, 2.45) is 5.73 Å². The van der Waals surface area contributed by atoms with E-state index in [-0.39, 0.29) is 17.9 Å². The van der Waals surface area contributed by atoms with E-state index in [1.54, 1.807) is 25.3 Å². The van der Waals surface area contributed by atoms with Crippen molar-refractivity contribution in [3.05, 3.63) is 48.5 Å². The van der Waals surface area contributed by atoms with Crippen LogP contribution in [0.25, 0.3) is 11.1 Å². The maximum Gasteiger partial charge on any atom is 0.243 e. The van der Waals surface area contributed by atoms with Crippen LogP contribution in [0.5, 0.6) is 5.75 Å². The molecule has 2 atom stereocenters. The number of primary amides is 1. The maximum absolute atomic E-state index is 13.2. The number of methoxy groups -OCH3 is 1. The zero-order valence-corrected chi connectivity index (χ0v) is 18.3. The molecule has 0 aromatic heterocycles. The second kappa shape index (κ2) is 9.80. The molecule has 2 aromatic carbocycles. The summed E-state index contributed by atoms with van der Waals surface area (Å²) in [6, 6.07) is 13.6. The van der Waals surface area contributed by atoms with Gasteiger partial charge in [0.05, 0.1) is 24.5 Å². The van der Waals surface area contributed by atoms with Crippen LogP contribution in [-0.4, -0.2) is 50.3 Å². The number of nitrogens with two attached hydrogens (primary N) is 1. The lowest BCUT2D eigenvalue weighted by Gasteiger charge is -2.24. The first kappa shape index (κ1) is 23.2. The van der Waals surface area contributed by atoms with Gasteiger partial charge in [0, 0.05) is 6.54 Å². The van der Waals surface area contributed by atoms with Gasteiger partial charge in [-0.2, -0.15) is 9.57 Å². The molecule has 1 saturated heterocycles. The molecule has 0 unspecified atom stereocenters. The predicted octanol–water partition coefficient (Wildman–Crippen LogP) is 1.40. The van der Waals surface area contributed by atoms with Gasteiger partial charge in [-0.05, 0) is 48.2 Å². The highest BCUT2D eigenvalue weighted by atomic mass is 32.2. The van der Waals surface area contributed by atoms with E-state index in [4.69, 9.17) is 15.7 Å². The third-order valence-electron chi connectivity index (χ3n) is 5.27. The molecule has 168 valence electrons. The van der Waals surface area contributed by atoms with Gasteiger partial charge < -0.3 is 15.8 Å². The van der Waals surface area contributed by atoms with Gasteiger partial charge in [0.25, 0.3) is 0 Å². The summed E-state index contributed by atoms with van der Waals surface area (Å²) >= 11 is 0. The molecular formula is C22H24N4O5S. The monoisotopic (exact) mass is 456 g/mol. The lowest BCUT2D eigenvalue weighted by Crippen LogP contribution is -2.49. The van der Waals surface area contributed by atoms with E-state index in [2.05, 4.69) is 5.32 Å². The minimum absolute atomic E-state index is 0.0726. The topological polar surface area (TPSA) is 143 Å². The molecule has 1 aliphatic rings. The van der Waals surface area contributed by atoms with E-state index >= 15 is 0 Å². The van der Waals surface area contributed by atoms with E-state index < -0.39 is 33.9 Å². The molecule has 0 bridgehead atoms. The van der Waals surface area contributed by atoms with Gasteiger partial charge in [-0.25, -0.2) is 8.42 Å². The summed E-state index contributed by atoms with van der Waals surface area (Å²) in [6.45, 7) is 0.188. The van der Waals surface area contributed by atoms with Crippen LogP contribution in [0.3, 0.4) is 0 Å². The highest BCUT2D eigenvalue weighted by Gasteiger charge is 2.40. The molecule has 0 spiro atoms. The third-order valence-corrected chi connectivity index (χ3v) is 7.19. The maximum atomic E-state index is 13.2. The van der Waals surface area contributed by atoms with Crippen LogP contribution in [-0.2, 0) is 19.6 Å². The number of hydrogen-bond donors (Lipinski definition) is 2. The van der Waals surface area contributed by atoms with Crippen LogP contribution in [0, 0.1) is 11.3 Å². The summed E-state index contributed by atoms with van der Waals surface area (Å²) in [5.41, 5.74) is 6.83. The average Bonchev–Trinajstić information content (AvgIpc) is 3.29. The van der Waals surface area contributed by atoms with E-state index in [0.29, 0.717) is 12.8 Å². The summed E-state index contributed by atoms with van der Waals surface area (Å²) in [6.07, 6.45) is 0.493. The fraction of sp³-hybridized carbons (Fsp3) is 0.318. The molecule has 1 heterocycles. The van der Waals surface area contributed by atoms with Crippen molar-refractivity contribution >= 4 is 21.8 Å². The quantitative estimate of drug-likeness (QED) is 0.615. The Morgan fingerprint density at radius 2 is 1.78 bits per heavy atom. The summed E-state index contributed by atoms with van der Waals surface area (Å²) in [4.78, 5) is 23.8. The van der Waals surface area contributed by atoms with E-state index in [0.717, 1.165) is 21.2 Å². The molecule has 2 amide bonds. The third kappa shape index (κ3) is 5.07. The standard InChI is InChI=1S/C22H24N4O5S/c1-31-18-8-4-15(5-9-18)16-6-10-19(11-7-16)32(29,30)26-12-2-3-20(26)22(28)25-17(14-23)13-21(24)27/h4-11,17,20H,2-3,12-13H2,1H3,(H2,24,27)(H,25,28)/t17-,20-/m0/s1. The van der Waals surface area contributed by atoms with Crippen molar-refractivity contribution in [2.45, 2.75) is 36.2 Å². The number of benzene rings is 2. The second-order valence-electron chi connectivity index (χ2n) is 7.39. The molecule has 2 aromatic rings. The molecule has 1 fully saturated rings. The Hall–Kier alpha value is -3.42. The number of ether oxygens (including phenoxy) is 1. The minimum Gasteiger partial charge on any atom is -0.497 e. The summed E-state index contributed by atoms with van der Waals surface area (Å²) < 4.78 is 32.7. The zero-order chi connectivity index (χ0) is 23.3. The summed E-state index contributed by atoms with van der Waals surface area (Å²) in [7, 11) is -2.35. The second-order valence-corrected chi connectivity index (χ2v) is 9.28. The normalized spacial score (nSPS) is 17.3. The first-order valence-electron chi connectivity index (χ1n) is 10.0. The number of hydrogen-bond acceptors (Lipinski definition) is 6. The highest BCUT2D eigenvalue weighted by Crippen LogP contribution is 2.29. The van der Waals surface area contributed by atoms with Crippen LogP contribution in [0.2, 0.25) is 0 Å². The fourth-order valence-electron chi connectivity index (χ4n) is 3.63. The van der Waals surface area contributed by atoms with Gasteiger partial charge in [-0.15, -0.1) is 0 Å².